The zero-order valence-electron chi connectivity index (χ0n) is 8.65. The average Bonchev–Trinajstić information content (AvgIpc) is 2.76. The van der Waals surface area contributed by atoms with Crippen LogP contribution in [-0.2, 0) is 6.42 Å². The van der Waals surface area contributed by atoms with Crippen LogP contribution in [0.2, 0.25) is 0 Å². The second-order valence-electron chi connectivity index (χ2n) is 3.93. The van der Waals surface area contributed by atoms with Crippen molar-refractivity contribution in [1.29, 1.82) is 0 Å². The van der Waals surface area contributed by atoms with E-state index in [-0.39, 0.29) is 11.9 Å². The Morgan fingerprint density at radius 3 is 2.88 bits per heavy atom. The monoisotopic (exact) mass is 214 g/mol. The number of rotatable bonds is 1. The summed E-state index contributed by atoms with van der Waals surface area (Å²) in [5.74, 6) is -0.184. The Morgan fingerprint density at radius 1 is 1.19 bits per heavy atom. The lowest BCUT2D eigenvalue weighted by Crippen LogP contribution is -2.07. The maximum atomic E-state index is 13.5. The highest BCUT2D eigenvalue weighted by Gasteiger charge is 2.24. The van der Waals surface area contributed by atoms with E-state index in [0.29, 0.717) is 5.69 Å². The zero-order chi connectivity index (χ0) is 11.0. The van der Waals surface area contributed by atoms with Gasteiger partial charge in [0.25, 0.3) is 0 Å². The molecule has 0 spiro atoms. The minimum absolute atomic E-state index is 0.0908. The van der Waals surface area contributed by atoms with Crippen LogP contribution in [0, 0.1) is 5.82 Å². The Balaban J connectivity index is 1.94. The zero-order valence-corrected chi connectivity index (χ0v) is 8.65. The molecule has 0 fully saturated rings. The molecule has 3 heteroatoms. The lowest BCUT2D eigenvalue weighted by atomic mass is 10.1. The van der Waals surface area contributed by atoms with Gasteiger partial charge in [0.2, 0.25) is 0 Å². The fraction of sp³-hybridized carbons (Fsp3) is 0.154. The highest BCUT2D eigenvalue weighted by atomic mass is 19.1. The minimum Gasteiger partial charge on any atom is -0.374 e. The molecule has 1 N–H and O–H groups in total. The van der Waals surface area contributed by atoms with Crippen molar-refractivity contribution in [3.05, 3.63) is 59.7 Å². The average molecular weight is 214 g/mol. The van der Waals surface area contributed by atoms with Crippen LogP contribution in [0.3, 0.4) is 0 Å². The molecule has 1 aliphatic rings. The van der Waals surface area contributed by atoms with Crippen molar-refractivity contribution in [2.75, 3.05) is 5.32 Å². The highest BCUT2D eigenvalue weighted by molar-refractivity contribution is 5.58. The SMILES string of the molecule is Fc1cccc2c1NC(c1ccccn1)C2. The molecule has 0 bridgehead atoms. The molecule has 2 heterocycles. The van der Waals surface area contributed by atoms with Gasteiger partial charge < -0.3 is 5.32 Å². The molecule has 0 radical (unpaired) electrons. The normalized spacial score (nSPS) is 17.9. The molecule has 2 aromatic rings. The van der Waals surface area contributed by atoms with E-state index in [1.54, 1.807) is 12.3 Å². The van der Waals surface area contributed by atoms with Gasteiger partial charge in [-0.25, -0.2) is 4.39 Å². The van der Waals surface area contributed by atoms with Gasteiger partial charge in [-0.3, -0.25) is 4.98 Å². The number of benzene rings is 1. The summed E-state index contributed by atoms with van der Waals surface area (Å²) in [6.45, 7) is 0. The number of anilines is 1. The molecule has 1 aromatic carbocycles. The third kappa shape index (κ3) is 1.45. The second-order valence-corrected chi connectivity index (χ2v) is 3.93. The number of nitrogens with zero attached hydrogens (tertiary/aromatic N) is 1. The van der Waals surface area contributed by atoms with Crippen LogP contribution in [-0.4, -0.2) is 4.98 Å². The maximum absolute atomic E-state index is 13.5. The first-order chi connectivity index (χ1) is 7.84. The second kappa shape index (κ2) is 3.59. The molecule has 16 heavy (non-hydrogen) atoms. The first-order valence-electron chi connectivity index (χ1n) is 5.29. The number of fused-ring (bicyclic) bond motifs is 1. The van der Waals surface area contributed by atoms with E-state index in [1.165, 1.54) is 6.07 Å². The van der Waals surface area contributed by atoms with Gasteiger partial charge in [0, 0.05) is 12.6 Å². The van der Waals surface area contributed by atoms with Crippen LogP contribution in [0.4, 0.5) is 10.1 Å². The maximum Gasteiger partial charge on any atom is 0.146 e. The summed E-state index contributed by atoms with van der Waals surface area (Å²) in [5, 5.41) is 3.18. The Labute approximate surface area is 93.1 Å². The van der Waals surface area contributed by atoms with Crippen molar-refractivity contribution in [3.63, 3.8) is 0 Å². The van der Waals surface area contributed by atoms with Gasteiger partial charge in [-0.1, -0.05) is 18.2 Å². The third-order valence-electron chi connectivity index (χ3n) is 2.89. The predicted molar refractivity (Wildman–Crippen MR) is 60.7 cm³/mol. The van der Waals surface area contributed by atoms with Crippen molar-refractivity contribution < 1.29 is 4.39 Å². The van der Waals surface area contributed by atoms with E-state index < -0.39 is 0 Å². The molecule has 3 rings (SSSR count). The van der Waals surface area contributed by atoms with Gasteiger partial charge in [0.05, 0.1) is 17.4 Å². The van der Waals surface area contributed by atoms with Gasteiger partial charge in [0.1, 0.15) is 5.82 Å². The number of hydrogen-bond donors (Lipinski definition) is 1. The highest BCUT2D eigenvalue weighted by Crippen LogP contribution is 2.34. The third-order valence-corrected chi connectivity index (χ3v) is 2.89. The Kier molecular flexibility index (Phi) is 2.10. The lowest BCUT2D eigenvalue weighted by molar-refractivity contribution is 0.630. The Hall–Kier alpha value is -1.90. The molecular weight excluding hydrogens is 203 g/mol. The van der Waals surface area contributed by atoms with Crippen LogP contribution in [0.25, 0.3) is 0 Å². The molecule has 2 nitrogen and oxygen atoms in total. The van der Waals surface area contributed by atoms with Gasteiger partial charge in [0.15, 0.2) is 0 Å². The predicted octanol–water partition coefficient (Wildman–Crippen LogP) is 2.93. The van der Waals surface area contributed by atoms with Crippen LogP contribution in [0.1, 0.15) is 17.3 Å². The van der Waals surface area contributed by atoms with E-state index >= 15 is 0 Å². The number of nitrogens with one attached hydrogen (secondary N) is 1. The molecule has 1 aliphatic heterocycles. The summed E-state index contributed by atoms with van der Waals surface area (Å²) < 4.78 is 13.5. The van der Waals surface area contributed by atoms with E-state index in [1.807, 2.05) is 24.3 Å². The van der Waals surface area contributed by atoms with Crippen molar-refractivity contribution in [2.45, 2.75) is 12.5 Å². The molecule has 1 atom stereocenters. The number of para-hydroxylation sites is 1. The number of aromatic nitrogens is 1. The lowest BCUT2D eigenvalue weighted by Gasteiger charge is -2.09. The molecule has 0 amide bonds. The van der Waals surface area contributed by atoms with Crippen molar-refractivity contribution >= 4 is 5.69 Å². The van der Waals surface area contributed by atoms with E-state index in [9.17, 15) is 4.39 Å². The number of halogens is 1. The summed E-state index contributed by atoms with van der Waals surface area (Å²) >= 11 is 0. The number of hydrogen-bond acceptors (Lipinski definition) is 2. The van der Waals surface area contributed by atoms with Crippen molar-refractivity contribution in [3.8, 4) is 0 Å². The van der Waals surface area contributed by atoms with Crippen LogP contribution in [0.15, 0.2) is 42.6 Å². The van der Waals surface area contributed by atoms with Crippen LogP contribution in [0.5, 0.6) is 0 Å². The molecule has 1 unspecified atom stereocenters. The number of pyridine rings is 1. The smallest absolute Gasteiger partial charge is 0.146 e. The Morgan fingerprint density at radius 2 is 2.12 bits per heavy atom. The van der Waals surface area contributed by atoms with E-state index in [0.717, 1.165) is 17.7 Å². The topological polar surface area (TPSA) is 24.9 Å². The largest absolute Gasteiger partial charge is 0.374 e. The Bertz CT molecular complexity index is 511. The fourth-order valence-electron chi connectivity index (χ4n) is 2.11. The van der Waals surface area contributed by atoms with Gasteiger partial charge in [-0.2, -0.15) is 0 Å². The molecule has 0 saturated heterocycles. The van der Waals surface area contributed by atoms with Crippen molar-refractivity contribution in [1.82, 2.24) is 4.98 Å². The summed E-state index contributed by atoms with van der Waals surface area (Å²) in [4.78, 5) is 4.29. The van der Waals surface area contributed by atoms with Gasteiger partial charge >= 0.3 is 0 Å². The fourth-order valence-corrected chi connectivity index (χ4v) is 2.11. The summed E-state index contributed by atoms with van der Waals surface area (Å²) in [6, 6.07) is 11.1. The van der Waals surface area contributed by atoms with E-state index in [4.69, 9.17) is 0 Å². The quantitative estimate of drug-likeness (QED) is 0.789. The summed E-state index contributed by atoms with van der Waals surface area (Å²) in [7, 11) is 0. The standard InChI is InChI=1S/C13H11FN2/c14-10-5-3-4-9-8-12(16-13(9)10)11-6-1-2-7-15-11/h1-7,12,16H,8H2. The minimum atomic E-state index is -0.184. The molecule has 1 aromatic heterocycles. The van der Waals surface area contributed by atoms with Crippen LogP contribution >= 0.6 is 0 Å². The molecule has 80 valence electrons. The summed E-state index contributed by atoms with van der Waals surface area (Å²) in [6.07, 6.45) is 2.56. The summed E-state index contributed by atoms with van der Waals surface area (Å²) in [5.41, 5.74) is 2.60. The van der Waals surface area contributed by atoms with Crippen LogP contribution < -0.4 is 5.32 Å². The molecular formula is C13H11FN2. The first-order valence-corrected chi connectivity index (χ1v) is 5.29. The van der Waals surface area contributed by atoms with E-state index in [2.05, 4.69) is 10.3 Å². The van der Waals surface area contributed by atoms with Crippen molar-refractivity contribution in [2.24, 2.45) is 0 Å². The molecule has 0 saturated carbocycles. The van der Waals surface area contributed by atoms with Gasteiger partial charge in [-0.15, -0.1) is 0 Å². The molecule has 0 aliphatic carbocycles. The first kappa shape index (κ1) is 9.33. The van der Waals surface area contributed by atoms with Gasteiger partial charge in [-0.05, 0) is 23.8 Å².